The molecule has 0 saturated heterocycles. The highest BCUT2D eigenvalue weighted by molar-refractivity contribution is 8.00. The van der Waals surface area contributed by atoms with E-state index in [0.29, 0.717) is 6.42 Å². The molecule has 2 aromatic carbocycles. The molecule has 0 radical (unpaired) electrons. The molecular formula is C22H25NO2S. The number of carboxylic acids is 1. The summed E-state index contributed by atoms with van der Waals surface area (Å²) >= 11 is 1.46. The van der Waals surface area contributed by atoms with Gasteiger partial charge >= 0.3 is 5.97 Å². The number of hydrogen-bond donors (Lipinski definition) is 1. The highest BCUT2D eigenvalue weighted by atomic mass is 32.2. The topological polar surface area (TPSA) is 42.2 Å². The van der Waals surface area contributed by atoms with Crippen molar-refractivity contribution in [3.63, 3.8) is 0 Å². The quantitative estimate of drug-likeness (QED) is 0.386. The van der Waals surface area contributed by atoms with Crippen LogP contribution in [0, 0.1) is 6.92 Å². The van der Waals surface area contributed by atoms with Crippen molar-refractivity contribution >= 4 is 28.5 Å². The molecule has 136 valence electrons. The Morgan fingerprint density at radius 1 is 1.00 bits per heavy atom. The highest BCUT2D eigenvalue weighted by Gasteiger charge is 2.18. The zero-order valence-electron chi connectivity index (χ0n) is 15.1. The van der Waals surface area contributed by atoms with Gasteiger partial charge in [0.05, 0.1) is 0 Å². The molecule has 1 N–H and O–H groups in total. The first-order valence-electron chi connectivity index (χ1n) is 9.12. The number of carboxylic acid groups (broad SMARTS) is 1. The van der Waals surface area contributed by atoms with Gasteiger partial charge in [0.25, 0.3) is 0 Å². The molecule has 3 aromatic rings. The van der Waals surface area contributed by atoms with Gasteiger partial charge in [-0.15, -0.1) is 11.8 Å². The standard InChI is InChI=1S/C22H25NO2S/c1-17-10-12-20(13-11-17)26-21(22(24)25)9-3-2-6-14-23-15-18-7-4-5-8-19(18)16-23/h4-5,7-8,10-13,15-16,21H,2-3,6,9,14H2,1H3,(H,24,25). The predicted molar refractivity (Wildman–Crippen MR) is 109 cm³/mol. The van der Waals surface area contributed by atoms with Gasteiger partial charge in [-0.3, -0.25) is 4.79 Å². The normalized spacial score (nSPS) is 12.3. The van der Waals surface area contributed by atoms with Gasteiger partial charge in [0.2, 0.25) is 0 Å². The Bertz CT molecular complexity index is 821. The van der Waals surface area contributed by atoms with Crippen molar-refractivity contribution in [2.45, 2.75) is 49.3 Å². The average molecular weight is 368 g/mol. The summed E-state index contributed by atoms with van der Waals surface area (Å²) in [7, 11) is 0. The molecule has 0 fully saturated rings. The fourth-order valence-corrected chi connectivity index (χ4v) is 4.09. The van der Waals surface area contributed by atoms with E-state index in [9.17, 15) is 9.90 Å². The van der Waals surface area contributed by atoms with E-state index in [4.69, 9.17) is 0 Å². The fraction of sp³-hybridized carbons (Fsp3) is 0.318. The molecule has 0 amide bonds. The third-order valence-corrected chi connectivity index (χ3v) is 5.83. The minimum Gasteiger partial charge on any atom is -0.480 e. The summed E-state index contributed by atoms with van der Waals surface area (Å²) in [4.78, 5) is 12.6. The van der Waals surface area contributed by atoms with Gasteiger partial charge in [-0.1, -0.05) is 54.8 Å². The Balaban J connectivity index is 1.43. The van der Waals surface area contributed by atoms with Gasteiger partial charge in [0, 0.05) is 23.8 Å². The Morgan fingerprint density at radius 3 is 2.27 bits per heavy atom. The maximum Gasteiger partial charge on any atom is 0.316 e. The minimum atomic E-state index is -0.716. The van der Waals surface area contributed by atoms with Crippen molar-refractivity contribution in [2.75, 3.05) is 0 Å². The van der Waals surface area contributed by atoms with Crippen LogP contribution in [0.25, 0.3) is 10.8 Å². The summed E-state index contributed by atoms with van der Waals surface area (Å²) in [6.07, 6.45) is 8.14. The maximum atomic E-state index is 11.5. The van der Waals surface area contributed by atoms with Crippen molar-refractivity contribution < 1.29 is 9.90 Å². The van der Waals surface area contributed by atoms with E-state index in [2.05, 4.69) is 41.2 Å². The molecule has 4 heteroatoms. The lowest BCUT2D eigenvalue weighted by atomic mass is 10.1. The monoisotopic (exact) mass is 367 g/mol. The van der Waals surface area contributed by atoms with Crippen LogP contribution in [0.5, 0.6) is 0 Å². The Kier molecular flexibility index (Phi) is 6.40. The highest BCUT2D eigenvalue weighted by Crippen LogP contribution is 2.27. The Labute approximate surface area is 159 Å². The third kappa shape index (κ3) is 5.15. The van der Waals surface area contributed by atoms with Crippen molar-refractivity contribution in [2.24, 2.45) is 0 Å². The molecule has 0 bridgehead atoms. The number of nitrogens with zero attached hydrogens (tertiary/aromatic N) is 1. The van der Waals surface area contributed by atoms with Crippen LogP contribution in [0.3, 0.4) is 0 Å². The number of aryl methyl sites for hydroxylation is 2. The van der Waals surface area contributed by atoms with E-state index in [1.54, 1.807) is 0 Å². The molecule has 1 atom stereocenters. The molecule has 0 aliphatic carbocycles. The van der Waals surface area contributed by atoms with Crippen LogP contribution < -0.4 is 0 Å². The summed E-state index contributed by atoms with van der Waals surface area (Å²) in [5, 5.41) is 11.7. The Hall–Kier alpha value is -2.20. The van der Waals surface area contributed by atoms with Gasteiger partial charge in [-0.25, -0.2) is 0 Å². The molecule has 1 aromatic heterocycles. The second-order valence-electron chi connectivity index (χ2n) is 6.73. The van der Waals surface area contributed by atoms with Crippen LogP contribution in [-0.2, 0) is 11.3 Å². The number of aromatic nitrogens is 1. The minimum absolute atomic E-state index is 0.369. The molecule has 0 aliphatic rings. The molecule has 1 unspecified atom stereocenters. The first kappa shape index (κ1) is 18.6. The summed E-state index contributed by atoms with van der Waals surface area (Å²) in [6.45, 7) is 3.02. The number of hydrogen-bond acceptors (Lipinski definition) is 2. The molecule has 26 heavy (non-hydrogen) atoms. The summed E-state index contributed by atoms with van der Waals surface area (Å²) in [5.41, 5.74) is 1.19. The zero-order valence-corrected chi connectivity index (χ0v) is 15.9. The molecular weight excluding hydrogens is 342 g/mol. The van der Waals surface area contributed by atoms with Crippen molar-refractivity contribution in [3.05, 3.63) is 66.5 Å². The molecule has 1 heterocycles. The smallest absolute Gasteiger partial charge is 0.316 e. The van der Waals surface area contributed by atoms with E-state index >= 15 is 0 Å². The van der Waals surface area contributed by atoms with E-state index < -0.39 is 5.97 Å². The fourth-order valence-electron chi connectivity index (χ4n) is 3.08. The van der Waals surface area contributed by atoms with Crippen molar-refractivity contribution in [1.29, 1.82) is 0 Å². The van der Waals surface area contributed by atoms with Crippen LogP contribution in [0.4, 0.5) is 0 Å². The van der Waals surface area contributed by atoms with Gasteiger partial charge in [0.15, 0.2) is 0 Å². The van der Waals surface area contributed by atoms with E-state index in [-0.39, 0.29) is 5.25 Å². The summed E-state index contributed by atoms with van der Waals surface area (Å²) in [5.74, 6) is -0.716. The van der Waals surface area contributed by atoms with E-state index in [0.717, 1.165) is 30.7 Å². The number of unbranched alkanes of at least 4 members (excludes halogenated alkanes) is 2. The van der Waals surface area contributed by atoms with E-state index in [1.807, 2.05) is 31.2 Å². The first-order valence-corrected chi connectivity index (χ1v) is 10.0. The second-order valence-corrected chi connectivity index (χ2v) is 8.01. The number of rotatable bonds is 9. The van der Waals surface area contributed by atoms with E-state index in [1.165, 1.54) is 28.1 Å². The van der Waals surface area contributed by atoms with Crippen LogP contribution >= 0.6 is 11.8 Å². The lowest BCUT2D eigenvalue weighted by Gasteiger charge is -2.12. The SMILES string of the molecule is Cc1ccc(SC(CCCCCn2cc3ccccc3c2)C(=O)O)cc1. The number of thioether (sulfide) groups is 1. The Morgan fingerprint density at radius 2 is 1.65 bits per heavy atom. The third-order valence-electron chi connectivity index (χ3n) is 4.56. The number of benzene rings is 2. The molecule has 3 rings (SSSR count). The lowest BCUT2D eigenvalue weighted by Crippen LogP contribution is -2.16. The van der Waals surface area contributed by atoms with Crippen LogP contribution in [0.1, 0.15) is 31.2 Å². The molecule has 0 spiro atoms. The van der Waals surface area contributed by atoms with Crippen LogP contribution in [0.15, 0.2) is 65.8 Å². The molecule has 3 nitrogen and oxygen atoms in total. The summed E-state index contributed by atoms with van der Waals surface area (Å²) in [6, 6.07) is 16.5. The average Bonchev–Trinajstić information content (AvgIpc) is 3.04. The predicted octanol–water partition coefficient (Wildman–Crippen LogP) is 5.76. The zero-order chi connectivity index (χ0) is 18.4. The van der Waals surface area contributed by atoms with Gasteiger partial charge in [0.1, 0.15) is 5.25 Å². The number of fused-ring (bicyclic) bond motifs is 1. The molecule has 0 saturated carbocycles. The lowest BCUT2D eigenvalue weighted by molar-refractivity contribution is -0.136. The van der Waals surface area contributed by atoms with Crippen molar-refractivity contribution in [1.82, 2.24) is 4.57 Å². The van der Waals surface area contributed by atoms with Crippen molar-refractivity contribution in [3.8, 4) is 0 Å². The number of aliphatic carboxylic acids is 1. The van der Waals surface area contributed by atoms with Gasteiger partial charge in [-0.05, 0) is 42.7 Å². The maximum absolute atomic E-state index is 11.5. The van der Waals surface area contributed by atoms with Crippen LogP contribution in [-0.4, -0.2) is 20.9 Å². The molecule has 0 aliphatic heterocycles. The summed E-state index contributed by atoms with van der Waals surface area (Å²) < 4.78 is 2.24. The van der Waals surface area contributed by atoms with Crippen LogP contribution in [0.2, 0.25) is 0 Å². The number of carbonyl (C=O) groups is 1. The van der Waals surface area contributed by atoms with Gasteiger partial charge in [-0.2, -0.15) is 0 Å². The largest absolute Gasteiger partial charge is 0.480 e. The second kappa shape index (κ2) is 8.95. The van der Waals surface area contributed by atoms with Gasteiger partial charge < -0.3 is 9.67 Å². The first-order chi connectivity index (χ1) is 12.6.